The second-order valence-corrected chi connectivity index (χ2v) is 6.11. The number of benzene rings is 1. The van der Waals surface area contributed by atoms with Gasteiger partial charge in [-0.05, 0) is 37.5 Å². The first-order valence-electron chi connectivity index (χ1n) is 6.73. The molecule has 0 fully saturated rings. The first kappa shape index (κ1) is 13.7. The highest BCUT2D eigenvalue weighted by atomic mass is 35.5. The molecule has 1 aliphatic heterocycles. The van der Waals surface area contributed by atoms with Gasteiger partial charge >= 0.3 is 0 Å². The topological polar surface area (TPSA) is 29.1 Å². The fourth-order valence-corrected chi connectivity index (χ4v) is 3.24. The summed E-state index contributed by atoms with van der Waals surface area (Å²) in [5.74, 6) is 0.215. The van der Waals surface area contributed by atoms with Crippen LogP contribution in [0.2, 0.25) is 10.0 Å². The molecular weight excluding hydrogens is 293 g/mol. The van der Waals surface area contributed by atoms with E-state index in [0.29, 0.717) is 16.5 Å². The third-order valence-corrected chi connectivity index (χ3v) is 4.57. The number of nitrogens with one attached hydrogen (secondary N) is 1. The summed E-state index contributed by atoms with van der Waals surface area (Å²) in [7, 11) is 0. The molecule has 1 aromatic rings. The summed E-state index contributed by atoms with van der Waals surface area (Å²) in [6.07, 6.45) is 4.57. The third-order valence-electron chi connectivity index (χ3n) is 3.83. The molecule has 0 amide bonds. The number of allylic oxidation sites excluding steroid dienone is 4. The van der Waals surface area contributed by atoms with Crippen LogP contribution in [0.1, 0.15) is 37.7 Å². The van der Waals surface area contributed by atoms with Gasteiger partial charge < -0.3 is 5.32 Å². The molecule has 3 rings (SSSR count). The molecule has 1 aromatic carbocycles. The molecule has 1 heterocycles. The molecule has 0 saturated carbocycles. The van der Waals surface area contributed by atoms with E-state index in [4.69, 9.17) is 23.2 Å². The lowest BCUT2D eigenvalue weighted by Gasteiger charge is -2.30. The van der Waals surface area contributed by atoms with E-state index >= 15 is 0 Å². The number of hydrogen-bond acceptors (Lipinski definition) is 2. The van der Waals surface area contributed by atoms with Gasteiger partial charge in [-0.2, -0.15) is 0 Å². The van der Waals surface area contributed by atoms with Gasteiger partial charge in [0.05, 0.1) is 10.0 Å². The van der Waals surface area contributed by atoms with Crippen LogP contribution in [0.4, 0.5) is 0 Å². The van der Waals surface area contributed by atoms with Crippen LogP contribution in [0, 0.1) is 0 Å². The van der Waals surface area contributed by atoms with Crippen LogP contribution in [0.25, 0.3) is 0 Å². The number of Topliss-reactive ketones (excluding diaryl/α,β-unsaturated/α-hetero) is 1. The first-order chi connectivity index (χ1) is 9.56. The van der Waals surface area contributed by atoms with Gasteiger partial charge in [-0.25, -0.2) is 0 Å². The summed E-state index contributed by atoms with van der Waals surface area (Å²) in [5.41, 5.74) is 4.05. The molecular formula is C16H15Cl2NO. The Bertz CT molecular complexity index is 646. The van der Waals surface area contributed by atoms with E-state index in [1.807, 2.05) is 19.1 Å². The average Bonchev–Trinajstić information content (AvgIpc) is 2.41. The van der Waals surface area contributed by atoms with Crippen LogP contribution >= 0.6 is 23.2 Å². The van der Waals surface area contributed by atoms with Crippen molar-refractivity contribution < 1.29 is 4.79 Å². The van der Waals surface area contributed by atoms with Gasteiger partial charge in [-0.15, -0.1) is 0 Å². The smallest absolute Gasteiger partial charge is 0.161 e. The molecule has 0 aromatic heterocycles. The van der Waals surface area contributed by atoms with Crippen LogP contribution in [0.3, 0.4) is 0 Å². The molecule has 104 valence electrons. The van der Waals surface area contributed by atoms with Crippen molar-refractivity contribution in [2.24, 2.45) is 0 Å². The molecule has 1 atom stereocenters. The summed E-state index contributed by atoms with van der Waals surface area (Å²) in [6, 6.07) is 5.59. The van der Waals surface area contributed by atoms with E-state index < -0.39 is 0 Å². The summed E-state index contributed by atoms with van der Waals surface area (Å²) in [5, 5.41) is 4.40. The van der Waals surface area contributed by atoms with Crippen LogP contribution in [0.15, 0.2) is 41.2 Å². The van der Waals surface area contributed by atoms with Crippen LogP contribution in [-0.4, -0.2) is 5.78 Å². The van der Waals surface area contributed by atoms with Crippen molar-refractivity contribution in [3.63, 3.8) is 0 Å². The third kappa shape index (κ3) is 2.38. The lowest BCUT2D eigenvalue weighted by atomic mass is 9.80. The Morgan fingerprint density at radius 1 is 1.20 bits per heavy atom. The molecule has 0 bridgehead atoms. The van der Waals surface area contributed by atoms with Crippen molar-refractivity contribution in [3.8, 4) is 0 Å². The fourth-order valence-electron chi connectivity index (χ4n) is 2.94. The molecule has 2 nitrogen and oxygen atoms in total. The zero-order chi connectivity index (χ0) is 14.3. The van der Waals surface area contributed by atoms with E-state index in [9.17, 15) is 4.79 Å². The number of carbonyl (C=O) groups is 1. The van der Waals surface area contributed by atoms with Crippen molar-refractivity contribution in [1.82, 2.24) is 5.32 Å². The minimum absolute atomic E-state index is 0.0196. The molecule has 2 aliphatic rings. The van der Waals surface area contributed by atoms with E-state index in [1.165, 1.54) is 0 Å². The molecule has 0 radical (unpaired) electrons. The lowest BCUT2D eigenvalue weighted by Crippen LogP contribution is -2.28. The molecule has 1 aliphatic carbocycles. The van der Waals surface area contributed by atoms with Gasteiger partial charge in [-0.3, -0.25) is 4.79 Å². The molecule has 0 spiro atoms. The zero-order valence-electron chi connectivity index (χ0n) is 11.2. The number of halogens is 2. The maximum absolute atomic E-state index is 12.3. The highest BCUT2D eigenvalue weighted by Crippen LogP contribution is 2.38. The lowest BCUT2D eigenvalue weighted by molar-refractivity contribution is -0.116. The quantitative estimate of drug-likeness (QED) is 0.822. The van der Waals surface area contributed by atoms with Crippen LogP contribution in [0.5, 0.6) is 0 Å². The number of rotatable bonds is 1. The predicted octanol–water partition coefficient (Wildman–Crippen LogP) is 4.59. The second kappa shape index (κ2) is 5.27. The highest BCUT2D eigenvalue weighted by molar-refractivity contribution is 6.42. The Labute approximate surface area is 128 Å². The second-order valence-electron chi connectivity index (χ2n) is 5.29. The van der Waals surface area contributed by atoms with Gasteiger partial charge in [0, 0.05) is 29.3 Å². The number of hydrogen-bond donors (Lipinski definition) is 1. The molecule has 20 heavy (non-hydrogen) atoms. The normalized spacial score (nSPS) is 22.2. The van der Waals surface area contributed by atoms with Crippen molar-refractivity contribution >= 4 is 29.0 Å². The van der Waals surface area contributed by atoms with Crippen molar-refractivity contribution in [2.45, 2.75) is 32.1 Å². The number of carbonyl (C=O) groups excluding carboxylic acids is 1. The highest BCUT2D eigenvalue weighted by Gasteiger charge is 2.30. The molecule has 1 unspecified atom stereocenters. The van der Waals surface area contributed by atoms with Gasteiger partial charge in [0.1, 0.15) is 0 Å². The Balaban J connectivity index is 2.09. The predicted molar refractivity (Wildman–Crippen MR) is 82.0 cm³/mol. The number of ketones is 1. The Hall–Kier alpha value is -1.25. The van der Waals surface area contributed by atoms with E-state index in [2.05, 4.69) is 11.4 Å². The maximum atomic E-state index is 12.3. The maximum Gasteiger partial charge on any atom is 0.161 e. The average molecular weight is 308 g/mol. The molecule has 4 heteroatoms. The monoisotopic (exact) mass is 307 g/mol. The Morgan fingerprint density at radius 3 is 2.75 bits per heavy atom. The van der Waals surface area contributed by atoms with E-state index in [0.717, 1.165) is 35.4 Å². The van der Waals surface area contributed by atoms with E-state index in [-0.39, 0.29) is 11.7 Å². The molecule has 1 N–H and O–H groups in total. The van der Waals surface area contributed by atoms with Gasteiger partial charge in [0.2, 0.25) is 0 Å². The first-order valence-corrected chi connectivity index (χ1v) is 7.48. The largest absolute Gasteiger partial charge is 0.362 e. The molecule has 0 saturated heterocycles. The van der Waals surface area contributed by atoms with Crippen molar-refractivity contribution in [2.75, 3.05) is 0 Å². The zero-order valence-corrected chi connectivity index (χ0v) is 12.7. The summed E-state index contributed by atoms with van der Waals surface area (Å²) < 4.78 is 0. The summed E-state index contributed by atoms with van der Waals surface area (Å²) in [6.45, 7) is 2.02. The fraction of sp³-hybridized carbons (Fsp3) is 0.312. The Kier molecular flexibility index (Phi) is 3.61. The van der Waals surface area contributed by atoms with Crippen molar-refractivity contribution in [1.29, 1.82) is 0 Å². The summed E-state index contributed by atoms with van der Waals surface area (Å²) in [4.78, 5) is 12.3. The van der Waals surface area contributed by atoms with Gasteiger partial charge in [-0.1, -0.05) is 35.3 Å². The van der Waals surface area contributed by atoms with Crippen molar-refractivity contribution in [3.05, 3.63) is 56.9 Å². The van der Waals surface area contributed by atoms with Gasteiger partial charge in [0.15, 0.2) is 5.78 Å². The standard InChI is InChI=1S/C16H15Cl2NO/c1-9-7-11(10-5-6-12(17)13(18)8-10)16-14(19-9)3-2-4-15(16)20/h5-8,11,19H,2-4H2,1H3. The Morgan fingerprint density at radius 2 is 2.00 bits per heavy atom. The number of dihydropyridines is 1. The SMILES string of the molecule is CC1=CC(c2ccc(Cl)c(Cl)c2)C2=C(CCCC2=O)N1. The van der Waals surface area contributed by atoms with Gasteiger partial charge in [0.25, 0.3) is 0 Å². The van der Waals surface area contributed by atoms with Crippen LogP contribution < -0.4 is 5.32 Å². The summed E-state index contributed by atoms with van der Waals surface area (Å²) >= 11 is 12.1. The van der Waals surface area contributed by atoms with E-state index in [1.54, 1.807) is 6.07 Å². The minimum Gasteiger partial charge on any atom is -0.362 e. The minimum atomic E-state index is -0.0196. The van der Waals surface area contributed by atoms with Crippen LogP contribution in [-0.2, 0) is 4.79 Å².